The van der Waals surface area contributed by atoms with Crippen molar-refractivity contribution in [1.29, 1.82) is 0 Å². The van der Waals surface area contributed by atoms with E-state index in [1.54, 1.807) is 0 Å². The third kappa shape index (κ3) is 6.75. The fraction of sp³-hybridized carbons (Fsp3) is 0.615. The number of aryl methyl sites for hydroxylation is 2. The molecule has 1 aromatic heterocycles. The number of benzene rings is 1. The molecule has 8 heteroatoms. The standard InChI is InChI=1S/C26H37ClN4O2.ClH/c1-4-28-26(32)15-24-16-31(23(17-33-24)14-19-5-9-21(27)10-6-19)22-11-7-20(8-12-22)25-13-18(2)30(3)29-25;/h5-6,9-10,13,20,22-24H,4,7-8,11-12,14-17H2,1-3H3,(H,28,32);1H/t20?,22?,23-,24-;/m0./s1. The summed E-state index contributed by atoms with van der Waals surface area (Å²) < 4.78 is 8.17. The van der Waals surface area contributed by atoms with Crippen molar-refractivity contribution in [2.24, 2.45) is 7.05 Å². The molecule has 2 atom stereocenters. The first kappa shape index (κ1) is 27.0. The number of aromatic nitrogens is 2. The Kier molecular flexibility index (Phi) is 9.84. The third-order valence-corrected chi connectivity index (χ3v) is 7.55. The third-order valence-electron chi connectivity index (χ3n) is 7.30. The highest BCUT2D eigenvalue weighted by atomic mass is 35.5. The van der Waals surface area contributed by atoms with Gasteiger partial charge < -0.3 is 10.1 Å². The van der Waals surface area contributed by atoms with Crippen molar-refractivity contribution in [3.63, 3.8) is 0 Å². The van der Waals surface area contributed by atoms with Crippen molar-refractivity contribution in [3.05, 3.63) is 52.3 Å². The average molecular weight is 510 g/mol. The van der Waals surface area contributed by atoms with Gasteiger partial charge in [0.15, 0.2) is 0 Å². The predicted molar refractivity (Wildman–Crippen MR) is 139 cm³/mol. The Morgan fingerprint density at radius 1 is 1.21 bits per heavy atom. The van der Waals surface area contributed by atoms with Crippen LogP contribution in [0.4, 0.5) is 0 Å². The second kappa shape index (κ2) is 12.4. The number of nitrogens with zero attached hydrogens (tertiary/aromatic N) is 3. The number of halogens is 2. The number of ether oxygens (including phenoxy) is 1. The van der Waals surface area contributed by atoms with E-state index in [-0.39, 0.29) is 24.4 Å². The molecule has 4 rings (SSSR count). The lowest BCUT2D eigenvalue weighted by molar-refractivity contribution is -0.129. The van der Waals surface area contributed by atoms with Crippen molar-refractivity contribution in [2.45, 2.75) is 76.5 Å². The Morgan fingerprint density at radius 2 is 1.91 bits per heavy atom. The number of carbonyl (C=O) groups excluding carboxylic acids is 1. The van der Waals surface area contributed by atoms with Crippen LogP contribution < -0.4 is 5.32 Å². The van der Waals surface area contributed by atoms with Gasteiger partial charge in [0.05, 0.1) is 24.8 Å². The quantitative estimate of drug-likeness (QED) is 0.590. The average Bonchev–Trinajstić information content (AvgIpc) is 3.15. The number of hydrogen-bond acceptors (Lipinski definition) is 4. The van der Waals surface area contributed by atoms with Crippen molar-refractivity contribution in [1.82, 2.24) is 20.0 Å². The first-order valence-electron chi connectivity index (χ1n) is 12.3. The van der Waals surface area contributed by atoms with E-state index in [9.17, 15) is 4.79 Å². The molecular formula is C26H38Cl2N4O2. The Bertz CT molecular complexity index is 906. The van der Waals surface area contributed by atoms with Gasteiger partial charge in [-0.2, -0.15) is 5.10 Å². The highest BCUT2D eigenvalue weighted by molar-refractivity contribution is 6.30. The summed E-state index contributed by atoms with van der Waals surface area (Å²) >= 11 is 6.09. The van der Waals surface area contributed by atoms with Gasteiger partial charge in [0, 0.05) is 48.9 Å². The summed E-state index contributed by atoms with van der Waals surface area (Å²) in [5, 5.41) is 8.42. The lowest BCUT2D eigenvalue weighted by atomic mass is 9.82. The molecule has 0 bridgehead atoms. The number of rotatable bonds is 7. The van der Waals surface area contributed by atoms with Gasteiger partial charge in [-0.3, -0.25) is 14.4 Å². The molecule has 1 saturated heterocycles. The van der Waals surface area contributed by atoms with Gasteiger partial charge >= 0.3 is 0 Å². The van der Waals surface area contributed by atoms with E-state index < -0.39 is 0 Å². The van der Waals surface area contributed by atoms with Crippen LogP contribution in [-0.2, 0) is 23.0 Å². The smallest absolute Gasteiger partial charge is 0.222 e. The Labute approximate surface area is 214 Å². The molecule has 0 spiro atoms. The molecule has 1 aliphatic carbocycles. The molecule has 1 aromatic carbocycles. The summed E-state index contributed by atoms with van der Waals surface area (Å²) in [5.74, 6) is 0.621. The number of hydrogen-bond donors (Lipinski definition) is 1. The van der Waals surface area contributed by atoms with E-state index in [0.29, 0.717) is 37.6 Å². The highest BCUT2D eigenvalue weighted by Crippen LogP contribution is 2.36. The first-order valence-corrected chi connectivity index (χ1v) is 12.7. The zero-order valence-corrected chi connectivity index (χ0v) is 22.1. The van der Waals surface area contributed by atoms with Crippen LogP contribution in [0.15, 0.2) is 30.3 Å². The van der Waals surface area contributed by atoms with E-state index >= 15 is 0 Å². The summed E-state index contributed by atoms with van der Waals surface area (Å²) in [4.78, 5) is 14.8. The van der Waals surface area contributed by atoms with Gasteiger partial charge in [-0.15, -0.1) is 12.4 Å². The summed E-state index contributed by atoms with van der Waals surface area (Å²) in [6.07, 6.45) is 5.95. The van der Waals surface area contributed by atoms with Crippen LogP contribution in [0.5, 0.6) is 0 Å². The largest absolute Gasteiger partial charge is 0.375 e. The Balaban J connectivity index is 0.00000324. The van der Waals surface area contributed by atoms with Crippen LogP contribution in [0.25, 0.3) is 0 Å². The van der Waals surface area contributed by atoms with Crippen LogP contribution >= 0.6 is 24.0 Å². The molecule has 34 heavy (non-hydrogen) atoms. The maximum Gasteiger partial charge on any atom is 0.222 e. The van der Waals surface area contributed by atoms with Crippen molar-refractivity contribution in [2.75, 3.05) is 19.7 Å². The van der Waals surface area contributed by atoms with Gasteiger partial charge in [0.25, 0.3) is 0 Å². The molecule has 2 fully saturated rings. The molecule has 1 N–H and O–H groups in total. The van der Waals surface area contributed by atoms with E-state index in [2.05, 4.69) is 35.3 Å². The van der Waals surface area contributed by atoms with E-state index in [1.165, 1.54) is 17.0 Å². The molecule has 1 aliphatic heterocycles. The van der Waals surface area contributed by atoms with Crippen LogP contribution in [0.2, 0.25) is 5.02 Å². The molecule has 1 saturated carbocycles. The second-order valence-corrected chi connectivity index (χ2v) is 10.1. The fourth-order valence-electron chi connectivity index (χ4n) is 5.39. The summed E-state index contributed by atoms with van der Waals surface area (Å²) in [6, 6.07) is 11.2. The van der Waals surface area contributed by atoms with Gasteiger partial charge in [-0.25, -0.2) is 0 Å². The highest BCUT2D eigenvalue weighted by Gasteiger charge is 2.36. The van der Waals surface area contributed by atoms with Crippen molar-refractivity contribution >= 4 is 29.9 Å². The molecule has 188 valence electrons. The topological polar surface area (TPSA) is 59.4 Å². The molecule has 2 aromatic rings. The zero-order valence-electron chi connectivity index (χ0n) is 20.5. The Hall–Kier alpha value is -1.60. The number of morpholine rings is 1. The minimum absolute atomic E-state index is 0. The zero-order chi connectivity index (χ0) is 23.4. The number of amides is 1. The Morgan fingerprint density at radius 3 is 2.53 bits per heavy atom. The van der Waals surface area contributed by atoms with Crippen LogP contribution in [-0.4, -0.2) is 58.5 Å². The van der Waals surface area contributed by atoms with Crippen molar-refractivity contribution in [3.8, 4) is 0 Å². The fourth-order valence-corrected chi connectivity index (χ4v) is 5.51. The van der Waals surface area contributed by atoms with E-state index in [0.717, 1.165) is 43.7 Å². The van der Waals surface area contributed by atoms with Crippen LogP contribution in [0, 0.1) is 6.92 Å². The monoisotopic (exact) mass is 508 g/mol. The number of carbonyl (C=O) groups is 1. The maximum absolute atomic E-state index is 12.2. The predicted octanol–water partition coefficient (Wildman–Crippen LogP) is 4.67. The molecule has 6 nitrogen and oxygen atoms in total. The second-order valence-electron chi connectivity index (χ2n) is 9.63. The molecule has 2 aliphatic rings. The lowest BCUT2D eigenvalue weighted by Crippen LogP contribution is -2.56. The molecule has 2 heterocycles. The van der Waals surface area contributed by atoms with Gasteiger partial charge in [-0.1, -0.05) is 23.7 Å². The van der Waals surface area contributed by atoms with E-state index in [1.807, 2.05) is 30.8 Å². The van der Waals surface area contributed by atoms with Gasteiger partial charge in [0.1, 0.15) is 0 Å². The molecule has 0 radical (unpaired) electrons. The lowest BCUT2D eigenvalue weighted by Gasteiger charge is -2.46. The SMILES string of the molecule is CCNC(=O)C[C@H]1CN(C2CCC(c3cc(C)n(C)n3)CC2)[C@@H](Cc2ccc(Cl)cc2)CO1.Cl. The minimum Gasteiger partial charge on any atom is -0.375 e. The molecule has 1 amide bonds. The summed E-state index contributed by atoms with van der Waals surface area (Å²) in [6.45, 7) is 6.20. The normalized spacial score (nSPS) is 25.5. The van der Waals surface area contributed by atoms with Crippen LogP contribution in [0.1, 0.15) is 61.9 Å². The van der Waals surface area contributed by atoms with Crippen LogP contribution in [0.3, 0.4) is 0 Å². The summed E-state index contributed by atoms with van der Waals surface area (Å²) in [7, 11) is 2.02. The van der Waals surface area contributed by atoms with Gasteiger partial charge in [0.2, 0.25) is 5.91 Å². The number of nitrogens with one attached hydrogen (secondary N) is 1. The minimum atomic E-state index is -0.0471. The summed E-state index contributed by atoms with van der Waals surface area (Å²) in [5.41, 5.74) is 3.73. The molecule has 0 unspecified atom stereocenters. The van der Waals surface area contributed by atoms with E-state index in [4.69, 9.17) is 21.4 Å². The first-order chi connectivity index (χ1) is 15.9. The maximum atomic E-state index is 12.2. The van der Waals surface area contributed by atoms with Crippen molar-refractivity contribution < 1.29 is 9.53 Å². The molecular weight excluding hydrogens is 471 g/mol. The van der Waals surface area contributed by atoms with Gasteiger partial charge in [-0.05, 0) is 69.7 Å².